The average molecular weight is 305 g/mol. The molecule has 0 aliphatic carbocycles. The first-order valence-electron chi connectivity index (χ1n) is 6.03. The van der Waals surface area contributed by atoms with Crippen LogP contribution in [0.1, 0.15) is 22.7 Å². The topological polar surface area (TPSA) is 24.9 Å². The molecule has 0 bridgehead atoms. The van der Waals surface area contributed by atoms with Gasteiger partial charge in [0.15, 0.2) is 0 Å². The number of nitrogens with zero attached hydrogens (tertiary/aromatic N) is 1. The Balaban J connectivity index is 2.23. The number of pyridine rings is 1. The van der Waals surface area contributed by atoms with Crippen LogP contribution in [0.4, 0.5) is 0 Å². The molecule has 1 N–H and O–H groups in total. The predicted octanol–water partition coefficient (Wildman–Crippen LogP) is 3.66. The summed E-state index contributed by atoms with van der Waals surface area (Å²) >= 11 is 3.47. The lowest BCUT2D eigenvalue weighted by Crippen LogP contribution is -2.19. The van der Waals surface area contributed by atoms with Gasteiger partial charge in [0, 0.05) is 22.9 Å². The minimum absolute atomic E-state index is 0.288. The van der Waals surface area contributed by atoms with Crippen LogP contribution in [0.2, 0.25) is 0 Å². The number of benzene rings is 1. The first kappa shape index (κ1) is 13.2. The highest BCUT2D eigenvalue weighted by molar-refractivity contribution is 9.10. The van der Waals surface area contributed by atoms with Crippen LogP contribution >= 0.6 is 15.9 Å². The Kier molecular flexibility index (Phi) is 4.50. The van der Waals surface area contributed by atoms with Gasteiger partial charge in [-0.3, -0.25) is 4.98 Å². The summed E-state index contributed by atoms with van der Waals surface area (Å²) in [7, 11) is 1.99. The number of aryl methyl sites for hydroxylation is 1. The van der Waals surface area contributed by atoms with Crippen LogP contribution in [0.3, 0.4) is 0 Å². The van der Waals surface area contributed by atoms with Crippen molar-refractivity contribution in [2.75, 3.05) is 7.05 Å². The maximum Gasteiger partial charge on any atom is 0.0410 e. The molecule has 94 valence electrons. The van der Waals surface area contributed by atoms with Gasteiger partial charge in [-0.1, -0.05) is 24.3 Å². The fraction of sp³-hybridized carbons (Fsp3) is 0.267. The second-order valence-electron chi connectivity index (χ2n) is 4.41. The van der Waals surface area contributed by atoms with Crippen molar-refractivity contribution >= 4 is 15.9 Å². The number of rotatable bonds is 4. The van der Waals surface area contributed by atoms with Crippen molar-refractivity contribution in [1.29, 1.82) is 0 Å². The van der Waals surface area contributed by atoms with Gasteiger partial charge >= 0.3 is 0 Å². The van der Waals surface area contributed by atoms with E-state index >= 15 is 0 Å². The molecule has 1 aromatic heterocycles. The summed E-state index contributed by atoms with van der Waals surface area (Å²) in [5.74, 6) is 0. The molecule has 0 fully saturated rings. The molecule has 1 atom stereocenters. The van der Waals surface area contributed by atoms with Crippen LogP contribution in [-0.4, -0.2) is 12.0 Å². The standard InChI is InChI=1S/C15H17BrN2/c1-11-5-3-4-6-12(11)8-15(17-2)13-7-14(16)10-18-9-13/h3-7,9-10,15,17H,8H2,1-2H3. The van der Waals surface area contributed by atoms with E-state index in [0.717, 1.165) is 10.9 Å². The van der Waals surface area contributed by atoms with Crippen LogP contribution in [0.15, 0.2) is 47.2 Å². The molecule has 2 aromatic rings. The third kappa shape index (κ3) is 3.18. The van der Waals surface area contributed by atoms with Gasteiger partial charge in [0.1, 0.15) is 0 Å². The first-order valence-corrected chi connectivity index (χ1v) is 6.82. The molecule has 1 aromatic carbocycles. The first-order chi connectivity index (χ1) is 8.70. The maximum absolute atomic E-state index is 4.23. The molecular formula is C15H17BrN2. The van der Waals surface area contributed by atoms with Crippen LogP contribution in [0.5, 0.6) is 0 Å². The minimum Gasteiger partial charge on any atom is -0.313 e. The molecular weight excluding hydrogens is 288 g/mol. The van der Waals surface area contributed by atoms with Gasteiger partial charge < -0.3 is 5.32 Å². The van der Waals surface area contributed by atoms with Crippen molar-refractivity contribution in [3.05, 3.63) is 63.9 Å². The Morgan fingerprint density at radius 2 is 2.06 bits per heavy atom. The Morgan fingerprint density at radius 1 is 1.28 bits per heavy atom. The van der Waals surface area contributed by atoms with E-state index in [1.54, 1.807) is 0 Å². The summed E-state index contributed by atoms with van der Waals surface area (Å²) in [4.78, 5) is 4.23. The molecule has 0 saturated carbocycles. The summed E-state index contributed by atoms with van der Waals surface area (Å²) in [5, 5.41) is 3.36. The Bertz CT molecular complexity index is 525. The second kappa shape index (κ2) is 6.12. The number of likely N-dealkylation sites (N-methyl/N-ethyl adjacent to an activating group) is 1. The lowest BCUT2D eigenvalue weighted by atomic mass is 9.97. The van der Waals surface area contributed by atoms with Crippen molar-refractivity contribution in [1.82, 2.24) is 10.3 Å². The molecule has 0 amide bonds. The maximum atomic E-state index is 4.23. The van der Waals surface area contributed by atoms with Gasteiger partial charge in [0.2, 0.25) is 0 Å². The number of aromatic nitrogens is 1. The average Bonchev–Trinajstić information content (AvgIpc) is 2.38. The molecule has 0 aliphatic rings. The van der Waals surface area contributed by atoms with E-state index in [4.69, 9.17) is 0 Å². The van der Waals surface area contributed by atoms with Gasteiger partial charge in [0.25, 0.3) is 0 Å². The Labute approximate surface area is 117 Å². The van der Waals surface area contributed by atoms with E-state index in [0.29, 0.717) is 0 Å². The molecule has 18 heavy (non-hydrogen) atoms. The van der Waals surface area contributed by atoms with Crippen LogP contribution < -0.4 is 5.32 Å². The second-order valence-corrected chi connectivity index (χ2v) is 5.32. The van der Waals surface area contributed by atoms with Gasteiger partial charge in [-0.05, 0) is 59.1 Å². The lowest BCUT2D eigenvalue weighted by Gasteiger charge is -2.17. The fourth-order valence-corrected chi connectivity index (χ4v) is 2.45. The molecule has 0 saturated heterocycles. The van der Waals surface area contributed by atoms with Crippen molar-refractivity contribution < 1.29 is 0 Å². The molecule has 3 heteroatoms. The normalized spacial score (nSPS) is 12.4. The van der Waals surface area contributed by atoms with Gasteiger partial charge in [-0.2, -0.15) is 0 Å². The van der Waals surface area contributed by atoms with Gasteiger partial charge in [-0.15, -0.1) is 0 Å². The summed E-state index contributed by atoms with van der Waals surface area (Å²) < 4.78 is 1.02. The smallest absolute Gasteiger partial charge is 0.0410 e. The predicted molar refractivity (Wildman–Crippen MR) is 78.6 cm³/mol. The van der Waals surface area contributed by atoms with Crippen molar-refractivity contribution in [2.45, 2.75) is 19.4 Å². The highest BCUT2D eigenvalue weighted by Crippen LogP contribution is 2.21. The van der Waals surface area contributed by atoms with E-state index in [9.17, 15) is 0 Å². The molecule has 2 rings (SSSR count). The monoisotopic (exact) mass is 304 g/mol. The SMILES string of the molecule is CNC(Cc1ccccc1C)c1cncc(Br)c1. The summed E-state index contributed by atoms with van der Waals surface area (Å²) in [6.07, 6.45) is 4.70. The van der Waals surface area contributed by atoms with Crippen LogP contribution in [-0.2, 0) is 6.42 Å². The van der Waals surface area contributed by atoms with Crippen molar-refractivity contribution in [3.8, 4) is 0 Å². The van der Waals surface area contributed by atoms with E-state index in [1.165, 1.54) is 16.7 Å². The zero-order valence-electron chi connectivity index (χ0n) is 10.7. The molecule has 1 unspecified atom stereocenters. The van der Waals surface area contributed by atoms with E-state index < -0.39 is 0 Å². The van der Waals surface area contributed by atoms with E-state index in [1.807, 2.05) is 19.4 Å². The molecule has 0 aliphatic heterocycles. The zero-order valence-corrected chi connectivity index (χ0v) is 12.2. The highest BCUT2D eigenvalue weighted by atomic mass is 79.9. The van der Waals surface area contributed by atoms with E-state index in [-0.39, 0.29) is 6.04 Å². The molecule has 1 heterocycles. The Hall–Kier alpha value is -1.19. The Morgan fingerprint density at radius 3 is 2.72 bits per heavy atom. The number of hydrogen-bond acceptors (Lipinski definition) is 2. The van der Waals surface area contributed by atoms with Crippen molar-refractivity contribution in [3.63, 3.8) is 0 Å². The third-order valence-electron chi connectivity index (χ3n) is 3.16. The van der Waals surface area contributed by atoms with Crippen molar-refractivity contribution in [2.24, 2.45) is 0 Å². The summed E-state index contributed by atoms with van der Waals surface area (Å²) in [6, 6.07) is 10.9. The van der Waals surface area contributed by atoms with Crippen LogP contribution in [0.25, 0.3) is 0 Å². The summed E-state index contributed by atoms with van der Waals surface area (Å²) in [5.41, 5.74) is 3.91. The quantitative estimate of drug-likeness (QED) is 0.932. The minimum atomic E-state index is 0.288. The fourth-order valence-electron chi connectivity index (χ4n) is 2.06. The molecule has 0 radical (unpaired) electrons. The van der Waals surface area contributed by atoms with Crippen LogP contribution in [0, 0.1) is 6.92 Å². The number of nitrogens with one attached hydrogen (secondary N) is 1. The number of hydrogen-bond donors (Lipinski definition) is 1. The molecule has 2 nitrogen and oxygen atoms in total. The summed E-state index contributed by atoms with van der Waals surface area (Å²) in [6.45, 7) is 2.15. The van der Waals surface area contributed by atoms with E-state index in [2.05, 4.69) is 63.5 Å². The van der Waals surface area contributed by atoms with Gasteiger partial charge in [-0.25, -0.2) is 0 Å². The lowest BCUT2D eigenvalue weighted by molar-refractivity contribution is 0.588. The zero-order chi connectivity index (χ0) is 13.0. The molecule has 0 spiro atoms. The third-order valence-corrected chi connectivity index (χ3v) is 3.60. The largest absolute Gasteiger partial charge is 0.313 e. The van der Waals surface area contributed by atoms with Gasteiger partial charge in [0.05, 0.1) is 0 Å². The highest BCUT2D eigenvalue weighted by Gasteiger charge is 2.11. The number of halogens is 1.